The normalized spacial score (nSPS) is 27.4. The van der Waals surface area contributed by atoms with Crippen LogP contribution in [-0.4, -0.2) is 55.8 Å². The summed E-state index contributed by atoms with van der Waals surface area (Å²) in [5, 5.41) is 3.91. The Hall–Kier alpha value is -1.14. The van der Waals surface area contributed by atoms with Crippen LogP contribution in [0.25, 0.3) is 0 Å². The van der Waals surface area contributed by atoms with Gasteiger partial charge in [0.15, 0.2) is 0 Å². The molecule has 2 aliphatic heterocycles. The number of hydrogen-bond donors (Lipinski definition) is 1. The molecular weight excluding hydrogens is 328 g/mol. The van der Waals surface area contributed by atoms with E-state index in [1.165, 1.54) is 0 Å². The van der Waals surface area contributed by atoms with E-state index in [0.717, 1.165) is 31.6 Å². The molecule has 3 rings (SSSR count). The number of morpholine rings is 1. The summed E-state index contributed by atoms with van der Waals surface area (Å²) in [5.74, 6) is 0.0980. The molecule has 1 amide bonds. The van der Waals surface area contributed by atoms with E-state index in [4.69, 9.17) is 21.1 Å². The SMILES string of the molecule is CC1COC(c2ccccc2Cl)CN1C(=O)CNCC1CCCO1. The lowest BCUT2D eigenvalue weighted by Gasteiger charge is -2.38. The molecular formula is C18H25ClN2O3. The molecule has 3 atom stereocenters. The Balaban J connectivity index is 1.55. The maximum atomic E-state index is 12.6. The third-order valence-electron chi connectivity index (χ3n) is 4.68. The molecule has 3 unspecified atom stereocenters. The molecule has 2 heterocycles. The molecule has 0 aliphatic carbocycles. The molecule has 1 N–H and O–H groups in total. The molecule has 2 fully saturated rings. The first-order chi connectivity index (χ1) is 11.6. The first kappa shape index (κ1) is 17.7. The van der Waals surface area contributed by atoms with Crippen molar-refractivity contribution in [3.63, 3.8) is 0 Å². The number of nitrogens with zero attached hydrogens (tertiary/aromatic N) is 1. The minimum atomic E-state index is -0.169. The largest absolute Gasteiger partial charge is 0.377 e. The molecule has 24 heavy (non-hydrogen) atoms. The zero-order chi connectivity index (χ0) is 16.9. The quantitative estimate of drug-likeness (QED) is 0.884. The van der Waals surface area contributed by atoms with Gasteiger partial charge in [0.2, 0.25) is 5.91 Å². The lowest BCUT2D eigenvalue weighted by Crippen LogP contribution is -2.51. The number of benzene rings is 1. The highest BCUT2D eigenvalue weighted by molar-refractivity contribution is 6.31. The van der Waals surface area contributed by atoms with Crippen LogP contribution in [0.15, 0.2) is 24.3 Å². The molecule has 132 valence electrons. The van der Waals surface area contributed by atoms with Crippen LogP contribution in [0, 0.1) is 0 Å². The van der Waals surface area contributed by atoms with Crippen molar-refractivity contribution in [1.82, 2.24) is 10.2 Å². The smallest absolute Gasteiger partial charge is 0.236 e. The van der Waals surface area contributed by atoms with Crippen molar-refractivity contribution in [2.75, 3.05) is 32.8 Å². The molecule has 0 spiro atoms. The molecule has 2 saturated heterocycles. The van der Waals surface area contributed by atoms with Crippen molar-refractivity contribution < 1.29 is 14.3 Å². The number of halogens is 1. The second-order valence-electron chi connectivity index (χ2n) is 6.50. The highest BCUT2D eigenvalue weighted by atomic mass is 35.5. The van der Waals surface area contributed by atoms with Gasteiger partial charge in [-0.25, -0.2) is 0 Å². The van der Waals surface area contributed by atoms with Gasteiger partial charge in [-0.2, -0.15) is 0 Å². The minimum absolute atomic E-state index is 0.0702. The van der Waals surface area contributed by atoms with Gasteiger partial charge in [0.05, 0.1) is 31.8 Å². The van der Waals surface area contributed by atoms with Gasteiger partial charge >= 0.3 is 0 Å². The standard InChI is InChI=1S/C18H25ClN2O3/c1-13-12-24-17(15-6-2-3-7-16(15)19)11-21(13)18(22)10-20-9-14-5-4-8-23-14/h2-3,6-7,13-14,17,20H,4-5,8-12H2,1H3. The fraction of sp³-hybridized carbons (Fsp3) is 0.611. The van der Waals surface area contributed by atoms with Gasteiger partial charge in [-0.3, -0.25) is 4.79 Å². The molecule has 6 heteroatoms. The summed E-state index contributed by atoms with van der Waals surface area (Å²) in [6.45, 7) is 4.97. The van der Waals surface area contributed by atoms with Gasteiger partial charge in [0.25, 0.3) is 0 Å². The lowest BCUT2D eigenvalue weighted by atomic mass is 10.1. The highest BCUT2D eigenvalue weighted by Crippen LogP contribution is 2.29. The Morgan fingerprint density at radius 3 is 2.96 bits per heavy atom. The van der Waals surface area contributed by atoms with Crippen LogP contribution in [0.1, 0.15) is 31.4 Å². The van der Waals surface area contributed by atoms with E-state index in [2.05, 4.69) is 5.32 Å². The predicted molar refractivity (Wildman–Crippen MR) is 93.2 cm³/mol. The first-order valence-corrected chi connectivity index (χ1v) is 9.00. The average Bonchev–Trinajstić information content (AvgIpc) is 3.09. The summed E-state index contributed by atoms with van der Waals surface area (Å²) in [4.78, 5) is 14.5. The summed E-state index contributed by atoms with van der Waals surface area (Å²) in [5.41, 5.74) is 0.941. The Morgan fingerprint density at radius 2 is 2.21 bits per heavy atom. The third-order valence-corrected chi connectivity index (χ3v) is 5.02. The van der Waals surface area contributed by atoms with E-state index in [0.29, 0.717) is 24.7 Å². The number of hydrogen-bond acceptors (Lipinski definition) is 4. The fourth-order valence-electron chi connectivity index (χ4n) is 3.28. The van der Waals surface area contributed by atoms with Crippen molar-refractivity contribution in [2.45, 2.75) is 38.0 Å². The number of nitrogens with one attached hydrogen (secondary N) is 1. The van der Waals surface area contributed by atoms with Gasteiger partial charge in [0, 0.05) is 23.7 Å². The minimum Gasteiger partial charge on any atom is -0.377 e. The number of rotatable bonds is 5. The topological polar surface area (TPSA) is 50.8 Å². The number of ether oxygens (including phenoxy) is 2. The van der Waals surface area contributed by atoms with E-state index in [1.54, 1.807) is 0 Å². The summed E-state index contributed by atoms with van der Waals surface area (Å²) in [6, 6.07) is 7.72. The number of carbonyl (C=O) groups excluding carboxylic acids is 1. The van der Waals surface area contributed by atoms with Gasteiger partial charge in [-0.1, -0.05) is 29.8 Å². The van der Waals surface area contributed by atoms with Crippen LogP contribution >= 0.6 is 11.6 Å². The Bertz CT molecular complexity index is 563. The van der Waals surface area contributed by atoms with Crippen LogP contribution < -0.4 is 5.32 Å². The van der Waals surface area contributed by atoms with Crippen molar-refractivity contribution in [1.29, 1.82) is 0 Å². The first-order valence-electron chi connectivity index (χ1n) is 8.63. The van der Waals surface area contributed by atoms with Crippen LogP contribution in [-0.2, 0) is 14.3 Å². The second kappa shape index (κ2) is 8.30. The number of amides is 1. The highest BCUT2D eigenvalue weighted by Gasteiger charge is 2.31. The summed E-state index contributed by atoms with van der Waals surface area (Å²) in [7, 11) is 0. The zero-order valence-corrected chi connectivity index (χ0v) is 14.8. The van der Waals surface area contributed by atoms with Gasteiger partial charge < -0.3 is 19.7 Å². The van der Waals surface area contributed by atoms with Crippen LogP contribution in [0.2, 0.25) is 5.02 Å². The van der Waals surface area contributed by atoms with Crippen molar-refractivity contribution in [3.05, 3.63) is 34.9 Å². The van der Waals surface area contributed by atoms with Gasteiger partial charge in [-0.15, -0.1) is 0 Å². The van der Waals surface area contributed by atoms with E-state index in [-0.39, 0.29) is 24.2 Å². The molecule has 2 aliphatic rings. The maximum Gasteiger partial charge on any atom is 0.236 e. The second-order valence-corrected chi connectivity index (χ2v) is 6.91. The van der Waals surface area contributed by atoms with E-state index < -0.39 is 0 Å². The molecule has 1 aromatic carbocycles. The number of carbonyl (C=O) groups is 1. The van der Waals surface area contributed by atoms with Crippen LogP contribution in [0.4, 0.5) is 0 Å². The molecule has 0 saturated carbocycles. The summed E-state index contributed by atoms with van der Waals surface area (Å²) < 4.78 is 11.5. The van der Waals surface area contributed by atoms with Crippen molar-refractivity contribution in [2.24, 2.45) is 0 Å². The van der Waals surface area contributed by atoms with Crippen molar-refractivity contribution in [3.8, 4) is 0 Å². The molecule has 0 aromatic heterocycles. The Kier molecular flexibility index (Phi) is 6.11. The van der Waals surface area contributed by atoms with E-state index in [1.807, 2.05) is 36.1 Å². The molecule has 0 bridgehead atoms. The third kappa shape index (κ3) is 4.28. The molecule has 5 nitrogen and oxygen atoms in total. The van der Waals surface area contributed by atoms with Crippen LogP contribution in [0.3, 0.4) is 0 Å². The predicted octanol–water partition coefficient (Wildman–Crippen LogP) is 2.40. The van der Waals surface area contributed by atoms with Crippen LogP contribution in [0.5, 0.6) is 0 Å². The van der Waals surface area contributed by atoms with E-state index >= 15 is 0 Å². The van der Waals surface area contributed by atoms with Crippen molar-refractivity contribution >= 4 is 17.5 Å². The maximum absolute atomic E-state index is 12.6. The Morgan fingerprint density at radius 1 is 1.38 bits per heavy atom. The summed E-state index contributed by atoms with van der Waals surface area (Å²) in [6.07, 6.45) is 2.26. The molecule has 1 aromatic rings. The summed E-state index contributed by atoms with van der Waals surface area (Å²) >= 11 is 6.27. The average molecular weight is 353 g/mol. The van der Waals surface area contributed by atoms with Gasteiger partial charge in [0.1, 0.15) is 6.10 Å². The van der Waals surface area contributed by atoms with Gasteiger partial charge in [-0.05, 0) is 25.8 Å². The Labute approximate surface area is 148 Å². The van der Waals surface area contributed by atoms with E-state index in [9.17, 15) is 4.79 Å². The zero-order valence-electron chi connectivity index (χ0n) is 14.0. The molecule has 0 radical (unpaired) electrons. The lowest BCUT2D eigenvalue weighted by molar-refractivity contribution is -0.143. The monoisotopic (exact) mass is 352 g/mol. The fourth-order valence-corrected chi connectivity index (χ4v) is 3.53.